The minimum atomic E-state index is -0.613. The van der Waals surface area contributed by atoms with Gasteiger partial charge in [-0.1, -0.05) is 60.7 Å². The second-order valence-corrected chi connectivity index (χ2v) is 8.22. The lowest BCUT2D eigenvalue weighted by Gasteiger charge is -2.45. The normalized spacial score (nSPS) is 29.7. The molecular formula is C26H26N2O2. The molecule has 2 N–H and O–H groups in total. The molecule has 0 spiro atoms. The fraction of sp³-hybridized carbons (Fsp3) is 0.231. The Hall–Kier alpha value is -3.08. The number of aliphatic hydroxyl groups excluding tert-OH is 2. The van der Waals surface area contributed by atoms with Crippen LogP contribution in [0.1, 0.15) is 11.1 Å². The Kier molecular flexibility index (Phi) is 4.61. The molecule has 0 saturated heterocycles. The Labute approximate surface area is 177 Å². The topological polar surface area (TPSA) is 46.9 Å². The van der Waals surface area contributed by atoms with Crippen molar-refractivity contribution in [2.45, 2.75) is 12.2 Å². The van der Waals surface area contributed by atoms with Crippen LogP contribution in [-0.2, 0) is 0 Å². The fourth-order valence-corrected chi connectivity index (χ4v) is 4.62. The lowest BCUT2D eigenvalue weighted by atomic mass is 9.68. The summed E-state index contributed by atoms with van der Waals surface area (Å²) in [6.45, 7) is 0. The van der Waals surface area contributed by atoms with E-state index in [0.717, 1.165) is 22.8 Å². The summed E-state index contributed by atoms with van der Waals surface area (Å²) in [5.41, 5.74) is 6.57. The molecular weight excluding hydrogens is 372 g/mol. The Bertz CT molecular complexity index is 1000. The van der Waals surface area contributed by atoms with Crippen LogP contribution in [0, 0.1) is 11.8 Å². The summed E-state index contributed by atoms with van der Waals surface area (Å²) < 4.78 is 0. The van der Waals surface area contributed by atoms with Crippen molar-refractivity contribution in [2.24, 2.45) is 11.8 Å². The van der Waals surface area contributed by atoms with E-state index in [1.807, 2.05) is 62.7 Å². The van der Waals surface area contributed by atoms with Crippen LogP contribution in [-0.4, -0.2) is 36.5 Å². The van der Waals surface area contributed by atoms with Crippen LogP contribution in [0.5, 0.6) is 0 Å². The van der Waals surface area contributed by atoms with E-state index in [2.05, 4.69) is 46.2 Å². The lowest BCUT2D eigenvalue weighted by molar-refractivity contribution is -0.110. The lowest BCUT2D eigenvalue weighted by Crippen LogP contribution is -2.54. The first kappa shape index (κ1) is 18.9. The molecule has 1 aliphatic carbocycles. The molecule has 1 fully saturated rings. The summed E-state index contributed by atoms with van der Waals surface area (Å²) in [5.74, 6) is -0.575. The minimum Gasteiger partial charge on any atom is -0.392 e. The van der Waals surface area contributed by atoms with Gasteiger partial charge in [0.2, 0.25) is 0 Å². The summed E-state index contributed by atoms with van der Waals surface area (Å²) in [5, 5.41) is 21.7. The van der Waals surface area contributed by atoms with Crippen molar-refractivity contribution < 1.29 is 10.2 Å². The maximum Gasteiger partial charge on any atom is 0.0717 e. The predicted molar refractivity (Wildman–Crippen MR) is 123 cm³/mol. The zero-order valence-corrected chi connectivity index (χ0v) is 17.2. The van der Waals surface area contributed by atoms with Crippen molar-refractivity contribution in [3.63, 3.8) is 0 Å². The Morgan fingerprint density at radius 1 is 0.633 bits per heavy atom. The van der Waals surface area contributed by atoms with Crippen LogP contribution in [0.15, 0.2) is 84.2 Å². The maximum absolute atomic E-state index is 10.8. The number of para-hydroxylation sites is 2. The molecule has 5 rings (SSSR count). The van der Waals surface area contributed by atoms with Crippen LogP contribution >= 0.6 is 0 Å². The molecule has 152 valence electrons. The van der Waals surface area contributed by atoms with Crippen LogP contribution in [0.2, 0.25) is 0 Å². The van der Waals surface area contributed by atoms with Gasteiger partial charge in [0.15, 0.2) is 0 Å². The Morgan fingerprint density at radius 3 is 1.47 bits per heavy atom. The molecule has 0 radical (unpaired) electrons. The Balaban J connectivity index is 1.35. The van der Waals surface area contributed by atoms with E-state index in [-0.39, 0.29) is 11.8 Å². The van der Waals surface area contributed by atoms with Gasteiger partial charge in [-0.2, -0.15) is 0 Å². The quantitative estimate of drug-likeness (QED) is 0.801. The monoisotopic (exact) mass is 398 g/mol. The second kappa shape index (κ2) is 7.31. The third-order valence-electron chi connectivity index (χ3n) is 6.54. The largest absolute Gasteiger partial charge is 0.392 e. The third kappa shape index (κ3) is 3.00. The molecule has 30 heavy (non-hydrogen) atoms. The number of hydrogen-bond acceptors (Lipinski definition) is 4. The van der Waals surface area contributed by atoms with E-state index < -0.39 is 12.2 Å². The standard InChI is InChI=1S/C26H26N2O2/c1-27-19(13-11-17-7-3-5-9-23(17)27)15-21-25(29)22(26(21)30)16-20-14-12-18-8-4-6-10-24(18)28(20)2/h3-16,21-22,25-26,29-30H,1-2H3. The van der Waals surface area contributed by atoms with Crippen molar-refractivity contribution >= 4 is 23.5 Å². The zero-order chi connectivity index (χ0) is 20.8. The highest BCUT2D eigenvalue weighted by Gasteiger charge is 2.47. The smallest absolute Gasteiger partial charge is 0.0717 e. The molecule has 4 nitrogen and oxygen atoms in total. The summed E-state index contributed by atoms with van der Waals surface area (Å²) in [7, 11) is 4.04. The van der Waals surface area contributed by atoms with Crippen molar-refractivity contribution in [3.8, 4) is 0 Å². The van der Waals surface area contributed by atoms with Crippen molar-refractivity contribution in [1.82, 2.24) is 0 Å². The van der Waals surface area contributed by atoms with Crippen LogP contribution in [0.25, 0.3) is 12.2 Å². The highest BCUT2D eigenvalue weighted by molar-refractivity contribution is 5.77. The first-order valence-corrected chi connectivity index (χ1v) is 10.4. The van der Waals surface area contributed by atoms with E-state index in [1.165, 1.54) is 11.1 Å². The SMILES string of the molecule is CN1C(=CC2C(O)C(C=C3C=Cc4ccccc4N3C)C2O)C=Cc2ccccc21. The molecule has 2 aliphatic heterocycles. The number of rotatable bonds is 2. The minimum absolute atomic E-state index is 0.288. The van der Waals surface area contributed by atoms with Crippen LogP contribution in [0.4, 0.5) is 11.4 Å². The van der Waals surface area contributed by atoms with E-state index >= 15 is 0 Å². The molecule has 2 heterocycles. The van der Waals surface area contributed by atoms with Gasteiger partial charge in [-0.3, -0.25) is 0 Å². The molecule has 0 aromatic heterocycles. The maximum atomic E-state index is 10.8. The van der Waals surface area contributed by atoms with Gasteiger partial charge < -0.3 is 20.0 Å². The zero-order valence-electron chi connectivity index (χ0n) is 17.2. The number of hydrogen-bond donors (Lipinski definition) is 2. The molecule has 3 aliphatic rings. The Morgan fingerprint density at radius 2 is 1.03 bits per heavy atom. The number of aliphatic hydroxyl groups is 2. The van der Waals surface area contributed by atoms with Crippen LogP contribution < -0.4 is 9.80 Å². The fourth-order valence-electron chi connectivity index (χ4n) is 4.62. The summed E-state index contributed by atoms with van der Waals surface area (Å²) in [4.78, 5) is 4.21. The van der Waals surface area contributed by atoms with Crippen molar-refractivity contribution in [3.05, 3.63) is 95.4 Å². The molecule has 4 heteroatoms. The molecule has 0 bridgehead atoms. The summed E-state index contributed by atoms with van der Waals surface area (Å²) in [6, 6.07) is 16.4. The van der Waals surface area contributed by atoms with Crippen LogP contribution in [0.3, 0.4) is 0 Å². The van der Waals surface area contributed by atoms with Gasteiger partial charge in [-0.05, 0) is 35.4 Å². The summed E-state index contributed by atoms with van der Waals surface area (Å²) >= 11 is 0. The first-order chi connectivity index (χ1) is 14.5. The number of anilines is 2. The van der Waals surface area contributed by atoms with Gasteiger partial charge in [0.25, 0.3) is 0 Å². The van der Waals surface area contributed by atoms with E-state index in [1.54, 1.807) is 0 Å². The van der Waals surface area contributed by atoms with Gasteiger partial charge in [0, 0.05) is 48.7 Å². The van der Waals surface area contributed by atoms with Gasteiger partial charge >= 0.3 is 0 Å². The molecule has 0 unspecified atom stereocenters. The van der Waals surface area contributed by atoms with Gasteiger partial charge in [-0.15, -0.1) is 0 Å². The third-order valence-corrected chi connectivity index (χ3v) is 6.54. The molecule has 0 amide bonds. The van der Waals surface area contributed by atoms with E-state index in [0.29, 0.717) is 0 Å². The molecule has 1 saturated carbocycles. The number of fused-ring (bicyclic) bond motifs is 2. The number of allylic oxidation sites excluding steroid dienone is 2. The summed E-state index contributed by atoms with van der Waals surface area (Å²) in [6.07, 6.45) is 11.0. The number of benzene rings is 2. The van der Waals surface area contributed by atoms with E-state index in [4.69, 9.17) is 0 Å². The van der Waals surface area contributed by atoms with Crippen molar-refractivity contribution in [1.29, 1.82) is 0 Å². The predicted octanol–water partition coefficient (Wildman–Crippen LogP) is 4.05. The van der Waals surface area contributed by atoms with Gasteiger partial charge in [-0.25, -0.2) is 0 Å². The van der Waals surface area contributed by atoms with Crippen molar-refractivity contribution in [2.75, 3.05) is 23.9 Å². The first-order valence-electron chi connectivity index (χ1n) is 10.4. The highest BCUT2D eigenvalue weighted by Crippen LogP contribution is 2.41. The highest BCUT2D eigenvalue weighted by atomic mass is 16.3. The second-order valence-electron chi connectivity index (χ2n) is 8.22. The molecule has 2 aromatic carbocycles. The van der Waals surface area contributed by atoms with Gasteiger partial charge in [0.1, 0.15) is 0 Å². The average molecular weight is 399 g/mol. The number of likely N-dealkylation sites (N-methyl/N-ethyl adjacent to an activating group) is 2. The van der Waals surface area contributed by atoms with E-state index in [9.17, 15) is 10.2 Å². The molecule has 2 aromatic rings. The average Bonchev–Trinajstić information content (AvgIpc) is 2.78. The number of nitrogens with zero attached hydrogens (tertiary/aromatic N) is 2. The van der Waals surface area contributed by atoms with Gasteiger partial charge in [0.05, 0.1) is 12.2 Å². The molecule has 0 atom stereocenters.